The van der Waals surface area contributed by atoms with Gasteiger partial charge in [-0.25, -0.2) is 8.42 Å². The number of hydrogen-bond acceptors (Lipinski definition) is 3. The molecule has 0 radical (unpaired) electrons. The summed E-state index contributed by atoms with van der Waals surface area (Å²) in [6, 6.07) is 17.6. The van der Waals surface area contributed by atoms with Gasteiger partial charge in [0.15, 0.2) is 9.84 Å². The van der Waals surface area contributed by atoms with E-state index in [-0.39, 0.29) is 4.90 Å². The molecule has 106 valence electrons. The van der Waals surface area contributed by atoms with Crippen LogP contribution in [0.3, 0.4) is 0 Å². The third kappa shape index (κ3) is 3.26. The molecule has 0 fully saturated rings. The van der Waals surface area contributed by atoms with Gasteiger partial charge in [-0.05, 0) is 31.0 Å². The zero-order valence-electron chi connectivity index (χ0n) is 11.3. The fraction of sp³-hybridized carbons (Fsp3) is 0.250. The van der Waals surface area contributed by atoms with Crippen LogP contribution in [0, 0.1) is 0 Å². The average Bonchev–Trinajstić information content (AvgIpc) is 2.46. The zero-order valence-corrected chi connectivity index (χ0v) is 12.1. The Labute approximate surface area is 119 Å². The first-order valence-corrected chi connectivity index (χ1v) is 8.07. The summed E-state index contributed by atoms with van der Waals surface area (Å²) in [7, 11) is -3.55. The second kappa shape index (κ2) is 6.20. The third-order valence-electron chi connectivity index (χ3n) is 3.29. The molecule has 0 saturated heterocycles. The molecular formula is C16H18O3S. The van der Waals surface area contributed by atoms with Crippen molar-refractivity contribution in [1.29, 1.82) is 0 Å². The molecule has 3 nitrogen and oxygen atoms in total. The predicted octanol–water partition coefficient (Wildman–Crippen LogP) is 2.45. The van der Waals surface area contributed by atoms with Crippen molar-refractivity contribution < 1.29 is 13.5 Å². The number of aliphatic hydroxyl groups excluding tert-OH is 1. The van der Waals surface area contributed by atoms with Crippen LogP contribution in [0.5, 0.6) is 0 Å². The van der Waals surface area contributed by atoms with Crippen molar-refractivity contribution in [3.63, 3.8) is 0 Å². The van der Waals surface area contributed by atoms with Crippen LogP contribution in [0.15, 0.2) is 65.6 Å². The second-order valence-corrected chi connectivity index (χ2v) is 6.99. The molecule has 2 aromatic carbocycles. The van der Waals surface area contributed by atoms with Gasteiger partial charge < -0.3 is 5.11 Å². The van der Waals surface area contributed by atoms with Crippen LogP contribution >= 0.6 is 0 Å². The van der Waals surface area contributed by atoms with Crippen molar-refractivity contribution in [2.45, 2.75) is 29.6 Å². The fourth-order valence-corrected chi connectivity index (χ4v) is 3.99. The van der Waals surface area contributed by atoms with Gasteiger partial charge in [-0.15, -0.1) is 0 Å². The molecule has 4 heteroatoms. The topological polar surface area (TPSA) is 54.4 Å². The monoisotopic (exact) mass is 290 g/mol. The lowest BCUT2D eigenvalue weighted by molar-refractivity contribution is 0.187. The van der Waals surface area contributed by atoms with E-state index in [1.807, 2.05) is 30.3 Å². The summed E-state index contributed by atoms with van der Waals surface area (Å²) in [6.07, 6.45) is -0.629. The van der Waals surface area contributed by atoms with Gasteiger partial charge in [0.2, 0.25) is 0 Å². The molecule has 0 spiro atoms. The van der Waals surface area contributed by atoms with E-state index in [0.29, 0.717) is 6.42 Å². The second-order valence-electron chi connectivity index (χ2n) is 4.83. The lowest BCUT2D eigenvalue weighted by Crippen LogP contribution is -2.34. The van der Waals surface area contributed by atoms with E-state index in [2.05, 4.69) is 0 Å². The molecule has 20 heavy (non-hydrogen) atoms. The average molecular weight is 290 g/mol. The maximum Gasteiger partial charge on any atom is 0.184 e. The summed E-state index contributed by atoms with van der Waals surface area (Å²) >= 11 is 0. The summed E-state index contributed by atoms with van der Waals surface area (Å²) in [5, 5.41) is 9.05. The minimum absolute atomic E-state index is 0.252. The van der Waals surface area contributed by atoms with Crippen LogP contribution in [-0.4, -0.2) is 24.9 Å². The Morgan fingerprint density at radius 1 is 0.950 bits per heavy atom. The quantitative estimate of drug-likeness (QED) is 0.920. The summed E-state index contributed by atoms with van der Waals surface area (Å²) in [4.78, 5) is 0.252. The van der Waals surface area contributed by atoms with Gasteiger partial charge in [-0.3, -0.25) is 0 Å². The molecule has 0 amide bonds. The van der Waals surface area contributed by atoms with Crippen molar-refractivity contribution in [3.05, 3.63) is 66.2 Å². The summed E-state index contributed by atoms with van der Waals surface area (Å²) in [5.74, 6) is 0. The highest BCUT2D eigenvalue weighted by atomic mass is 32.2. The Morgan fingerprint density at radius 2 is 1.45 bits per heavy atom. The summed E-state index contributed by atoms with van der Waals surface area (Å²) in [5.41, 5.74) is 0.901. The van der Waals surface area contributed by atoms with Crippen molar-refractivity contribution in [2.24, 2.45) is 0 Å². The first-order valence-electron chi connectivity index (χ1n) is 6.53. The molecule has 0 aromatic heterocycles. The van der Waals surface area contributed by atoms with Gasteiger partial charge in [0.05, 0.1) is 16.2 Å². The van der Waals surface area contributed by atoms with Crippen LogP contribution < -0.4 is 0 Å². The molecule has 2 atom stereocenters. The minimum atomic E-state index is -3.55. The Hall–Kier alpha value is -1.65. The largest absolute Gasteiger partial charge is 0.392 e. The molecule has 0 bridgehead atoms. The van der Waals surface area contributed by atoms with E-state index in [9.17, 15) is 13.5 Å². The van der Waals surface area contributed by atoms with E-state index in [1.165, 1.54) is 6.92 Å². The molecule has 0 aliphatic rings. The molecule has 0 saturated carbocycles. The van der Waals surface area contributed by atoms with Crippen molar-refractivity contribution in [2.75, 3.05) is 0 Å². The lowest BCUT2D eigenvalue weighted by Gasteiger charge is -2.20. The normalized spacial score (nSPS) is 14.7. The highest BCUT2D eigenvalue weighted by Gasteiger charge is 2.31. The van der Waals surface area contributed by atoms with E-state index >= 15 is 0 Å². The van der Waals surface area contributed by atoms with Gasteiger partial charge >= 0.3 is 0 Å². The SMILES string of the molecule is C[C@H](O)[C@H](Cc1ccccc1)S(=O)(=O)c1ccccc1. The van der Waals surface area contributed by atoms with Crippen molar-refractivity contribution >= 4 is 9.84 Å². The summed E-state index contributed by atoms with van der Waals surface area (Å²) in [6.45, 7) is 1.52. The first-order chi connectivity index (χ1) is 9.51. The molecule has 1 N–H and O–H groups in total. The Morgan fingerprint density at radius 3 is 1.95 bits per heavy atom. The molecule has 2 aromatic rings. The van der Waals surface area contributed by atoms with Crippen LogP contribution in [0.2, 0.25) is 0 Å². The fourth-order valence-electron chi connectivity index (χ4n) is 2.17. The molecule has 2 rings (SSSR count). The molecular weight excluding hydrogens is 272 g/mol. The van der Waals surface area contributed by atoms with Crippen molar-refractivity contribution in [3.8, 4) is 0 Å². The number of aliphatic hydroxyl groups is 1. The van der Waals surface area contributed by atoms with E-state index in [0.717, 1.165) is 5.56 Å². The standard InChI is InChI=1S/C16H18O3S/c1-13(17)16(12-14-8-4-2-5-9-14)20(18,19)15-10-6-3-7-11-15/h2-11,13,16-17H,12H2,1H3/t13-,16-/m0/s1. The van der Waals surface area contributed by atoms with Crippen LogP contribution in [-0.2, 0) is 16.3 Å². The molecule has 0 aliphatic heterocycles. The van der Waals surface area contributed by atoms with Crippen molar-refractivity contribution in [1.82, 2.24) is 0 Å². The molecule has 0 aliphatic carbocycles. The van der Waals surface area contributed by atoms with E-state index < -0.39 is 21.2 Å². The van der Waals surface area contributed by atoms with Gasteiger partial charge in [0.1, 0.15) is 0 Å². The maximum absolute atomic E-state index is 12.6. The number of sulfone groups is 1. The Balaban J connectivity index is 2.34. The Kier molecular flexibility index (Phi) is 4.57. The maximum atomic E-state index is 12.6. The van der Waals surface area contributed by atoms with Crippen LogP contribution in [0.25, 0.3) is 0 Å². The molecule has 0 heterocycles. The highest BCUT2D eigenvalue weighted by Crippen LogP contribution is 2.21. The van der Waals surface area contributed by atoms with E-state index in [4.69, 9.17) is 0 Å². The number of rotatable bonds is 5. The minimum Gasteiger partial charge on any atom is -0.392 e. The van der Waals surface area contributed by atoms with Crippen LogP contribution in [0.4, 0.5) is 0 Å². The smallest absolute Gasteiger partial charge is 0.184 e. The number of benzene rings is 2. The number of hydrogen-bond donors (Lipinski definition) is 1. The van der Waals surface area contributed by atoms with Gasteiger partial charge in [-0.2, -0.15) is 0 Å². The van der Waals surface area contributed by atoms with Gasteiger partial charge in [-0.1, -0.05) is 48.5 Å². The van der Waals surface area contributed by atoms with Gasteiger partial charge in [0.25, 0.3) is 0 Å². The molecule has 0 unspecified atom stereocenters. The highest BCUT2D eigenvalue weighted by molar-refractivity contribution is 7.92. The van der Waals surface area contributed by atoms with E-state index in [1.54, 1.807) is 30.3 Å². The lowest BCUT2D eigenvalue weighted by atomic mass is 10.1. The van der Waals surface area contributed by atoms with Crippen LogP contribution in [0.1, 0.15) is 12.5 Å². The Bertz CT molecular complexity index is 634. The first kappa shape index (κ1) is 14.8. The van der Waals surface area contributed by atoms with Gasteiger partial charge in [0, 0.05) is 0 Å². The predicted molar refractivity (Wildman–Crippen MR) is 79.2 cm³/mol. The third-order valence-corrected chi connectivity index (χ3v) is 5.57. The zero-order chi connectivity index (χ0) is 14.6. The summed E-state index contributed by atoms with van der Waals surface area (Å²) < 4.78 is 25.2.